The lowest BCUT2D eigenvalue weighted by Gasteiger charge is -2.25. The molecule has 1 aromatic rings. The van der Waals surface area contributed by atoms with E-state index in [1.54, 1.807) is 12.1 Å². The highest BCUT2D eigenvalue weighted by atomic mass is 16.2. The first kappa shape index (κ1) is 15.3. The van der Waals surface area contributed by atoms with Crippen LogP contribution in [0.4, 0.5) is 16.2 Å². The third-order valence-electron chi connectivity index (χ3n) is 3.36. The highest BCUT2D eigenvalue weighted by Gasteiger charge is 2.18. The summed E-state index contributed by atoms with van der Waals surface area (Å²) in [5.74, 6) is 1.58. The number of carbonyl (C=O) groups is 1. The van der Waals surface area contributed by atoms with Gasteiger partial charge in [-0.05, 0) is 36.0 Å². The second kappa shape index (κ2) is 7.02. The van der Waals surface area contributed by atoms with Crippen LogP contribution in [0.25, 0.3) is 0 Å². The van der Waals surface area contributed by atoms with E-state index < -0.39 is 0 Å². The molecule has 0 fully saturated rings. The van der Waals surface area contributed by atoms with Crippen molar-refractivity contribution in [1.82, 2.24) is 5.32 Å². The summed E-state index contributed by atoms with van der Waals surface area (Å²) >= 11 is 0. The molecule has 0 radical (unpaired) electrons. The summed E-state index contributed by atoms with van der Waals surface area (Å²) in [6.45, 7) is 9.41. The number of nitrogen functional groups attached to an aromatic ring is 1. The number of urea groups is 1. The fraction of sp³-hybridized carbons (Fsp3) is 0.533. The van der Waals surface area contributed by atoms with Gasteiger partial charge in [0, 0.05) is 17.9 Å². The summed E-state index contributed by atoms with van der Waals surface area (Å²) in [5.41, 5.74) is 7.01. The average molecular weight is 263 g/mol. The smallest absolute Gasteiger partial charge is 0.319 e. The lowest BCUT2D eigenvalue weighted by atomic mass is 9.85. The third-order valence-corrected chi connectivity index (χ3v) is 3.36. The van der Waals surface area contributed by atoms with E-state index in [0.717, 1.165) is 0 Å². The van der Waals surface area contributed by atoms with Crippen LogP contribution < -0.4 is 16.4 Å². The van der Waals surface area contributed by atoms with Gasteiger partial charge in [0.25, 0.3) is 0 Å². The van der Waals surface area contributed by atoms with Gasteiger partial charge in [-0.1, -0.05) is 33.8 Å². The van der Waals surface area contributed by atoms with Crippen LogP contribution in [-0.4, -0.2) is 12.6 Å². The van der Waals surface area contributed by atoms with Crippen LogP contribution in [0.1, 0.15) is 27.7 Å². The van der Waals surface area contributed by atoms with E-state index in [1.807, 2.05) is 12.1 Å². The Kier molecular flexibility index (Phi) is 5.67. The van der Waals surface area contributed by atoms with Crippen LogP contribution in [0, 0.1) is 17.8 Å². The van der Waals surface area contributed by atoms with E-state index in [4.69, 9.17) is 5.73 Å². The first-order chi connectivity index (χ1) is 8.90. The zero-order chi connectivity index (χ0) is 14.4. The van der Waals surface area contributed by atoms with Crippen molar-refractivity contribution in [1.29, 1.82) is 0 Å². The Morgan fingerprint density at radius 1 is 1.21 bits per heavy atom. The molecule has 19 heavy (non-hydrogen) atoms. The number of nitrogens with one attached hydrogen (secondary N) is 2. The van der Waals surface area contributed by atoms with E-state index in [-0.39, 0.29) is 6.03 Å². The fourth-order valence-electron chi connectivity index (χ4n) is 2.24. The number of rotatable bonds is 5. The third kappa shape index (κ3) is 5.20. The molecule has 0 spiro atoms. The molecule has 0 bridgehead atoms. The topological polar surface area (TPSA) is 67.2 Å². The quantitative estimate of drug-likeness (QED) is 0.713. The molecule has 0 aliphatic carbocycles. The van der Waals surface area contributed by atoms with E-state index >= 15 is 0 Å². The van der Waals surface area contributed by atoms with Gasteiger partial charge < -0.3 is 16.4 Å². The van der Waals surface area contributed by atoms with Crippen molar-refractivity contribution < 1.29 is 4.79 Å². The van der Waals surface area contributed by atoms with Crippen LogP contribution in [-0.2, 0) is 0 Å². The van der Waals surface area contributed by atoms with E-state index in [0.29, 0.717) is 35.7 Å². The van der Waals surface area contributed by atoms with Gasteiger partial charge in [0.15, 0.2) is 0 Å². The Balaban J connectivity index is 2.47. The molecule has 0 aliphatic rings. The van der Waals surface area contributed by atoms with Crippen molar-refractivity contribution in [3.05, 3.63) is 24.3 Å². The van der Waals surface area contributed by atoms with E-state index in [1.165, 1.54) is 0 Å². The summed E-state index contributed by atoms with van der Waals surface area (Å²) in [6, 6.07) is 6.98. The van der Waals surface area contributed by atoms with Crippen molar-refractivity contribution in [3.8, 4) is 0 Å². The van der Waals surface area contributed by atoms with Crippen LogP contribution in [0.3, 0.4) is 0 Å². The fourth-order valence-corrected chi connectivity index (χ4v) is 2.24. The molecule has 1 aromatic carbocycles. The highest BCUT2D eigenvalue weighted by molar-refractivity contribution is 5.89. The van der Waals surface area contributed by atoms with Crippen molar-refractivity contribution in [3.63, 3.8) is 0 Å². The maximum absolute atomic E-state index is 11.8. The van der Waals surface area contributed by atoms with E-state index in [2.05, 4.69) is 38.3 Å². The molecule has 4 nitrogen and oxygen atoms in total. The molecule has 0 unspecified atom stereocenters. The summed E-state index contributed by atoms with van der Waals surface area (Å²) in [6.07, 6.45) is 0. The van der Waals surface area contributed by atoms with Crippen LogP contribution in [0.15, 0.2) is 24.3 Å². The molecular formula is C15H25N3O. The summed E-state index contributed by atoms with van der Waals surface area (Å²) in [4.78, 5) is 11.8. The Bertz CT molecular complexity index is 408. The van der Waals surface area contributed by atoms with Gasteiger partial charge in [-0.15, -0.1) is 0 Å². The first-order valence-electron chi connectivity index (χ1n) is 6.80. The predicted molar refractivity (Wildman–Crippen MR) is 81.0 cm³/mol. The minimum absolute atomic E-state index is 0.183. The Labute approximate surface area is 115 Å². The molecule has 0 saturated heterocycles. The number of hydrogen-bond acceptors (Lipinski definition) is 2. The number of benzene rings is 1. The molecule has 1 rings (SSSR count). The van der Waals surface area contributed by atoms with Gasteiger partial charge in [0.1, 0.15) is 0 Å². The molecular weight excluding hydrogens is 238 g/mol. The Morgan fingerprint density at radius 3 is 2.37 bits per heavy atom. The van der Waals surface area contributed by atoms with Crippen molar-refractivity contribution in [2.75, 3.05) is 17.6 Å². The molecule has 4 N–H and O–H groups in total. The van der Waals surface area contributed by atoms with Gasteiger partial charge in [0.05, 0.1) is 0 Å². The number of carbonyl (C=O) groups excluding carboxylic acids is 1. The zero-order valence-corrected chi connectivity index (χ0v) is 12.2. The molecule has 0 aromatic heterocycles. The maximum Gasteiger partial charge on any atom is 0.319 e. The highest BCUT2D eigenvalue weighted by Crippen LogP contribution is 2.19. The second-order valence-electron chi connectivity index (χ2n) is 5.61. The minimum atomic E-state index is -0.183. The molecule has 0 saturated carbocycles. The molecule has 4 heteroatoms. The first-order valence-corrected chi connectivity index (χ1v) is 6.80. The molecule has 106 valence electrons. The van der Waals surface area contributed by atoms with Crippen molar-refractivity contribution in [2.45, 2.75) is 27.7 Å². The Hall–Kier alpha value is -1.71. The Morgan fingerprint density at radius 2 is 1.84 bits per heavy atom. The van der Waals surface area contributed by atoms with Gasteiger partial charge in [-0.25, -0.2) is 4.79 Å². The number of hydrogen-bond donors (Lipinski definition) is 3. The SMILES string of the molecule is CC(C)C(CNC(=O)Nc1cccc(N)c1)C(C)C. The number of anilines is 2. The summed E-state index contributed by atoms with van der Waals surface area (Å²) in [7, 11) is 0. The number of nitrogens with two attached hydrogens (primary N) is 1. The normalized spacial score (nSPS) is 11.1. The largest absolute Gasteiger partial charge is 0.399 e. The minimum Gasteiger partial charge on any atom is -0.399 e. The summed E-state index contributed by atoms with van der Waals surface area (Å²) < 4.78 is 0. The van der Waals surface area contributed by atoms with Gasteiger partial charge in [-0.2, -0.15) is 0 Å². The zero-order valence-electron chi connectivity index (χ0n) is 12.2. The standard InChI is InChI=1S/C15H25N3O/c1-10(2)14(11(3)4)9-17-15(19)18-13-7-5-6-12(16)8-13/h5-8,10-11,14H,9,16H2,1-4H3,(H2,17,18,19). The average Bonchev–Trinajstić information content (AvgIpc) is 2.27. The second-order valence-corrected chi connectivity index (χ2v) is 5.61. The van der Waals surface area contributed by atoms with Crippen LogP contribution in [0.2, 0.25) is 0 Å². The van der Waals surface area contributed by atoms with Gasteiger partial charge >= 0.3 is 6.03 Å². The van der Waals surface area contributed by atoms with Gasteiger partial charge in [-0.3, -0.25) is 0 Å². The molecule has 2 amide bonds. The molecule has 0 aliphatic heterocycles. The van der Waals surface area contributed by atoms with Crippen LogP contribution >= 0.6 is 0 Å². The predicted octanol–water partition coefficient (Wildman–Crippen LogP) is 3.32. The van der Waals surface area contributed by atoms with Crippen molar-refractivity contribution >= 4 is 17.4 Å². The molecule has 0 atom stereocenters. The van der Waals surface area contributed by atoms with E-state index in [9.17, 15) is 4.79 Å². The molecule has 0 heterocycles. The van der Waals surface area contributed by atoms with Crippen LogP contribution in [0.5, 0.6) is 0 Å². The van der Waals surface area contributed by atoms with Gasteiger partial charge in [0.2, 0.25) is 0 Å². The lowest BCUT2D eigenvalue weighted by Crippen LogP contribution is -2.36. The summed E-state index contributed by atoms with van der Waals surface area (Å²) in [5, 5.41) is 5.71. The van der Waals surface area contributed by atoms with Crippen molar-refractivity contribution in [2.24, 2.45) is 17.8 Å². The lowest BCUT2D eigenvalue weighted by molar-refractivity contribution is 0.239. The number of amides is 2. The maximum atomic E-state index is 11.8. The monoisotopic (exact) mass is 263 g/mol.